The van der Waals surface area contributed by atoms with Crippen LogP contribution in [0.25, 0.3) is 0 Å². The van der Waals surface area contributed by atoms with Gasteiger partial charge in [-0.2, -0.15) is 0 Å². The van der Waals surface area contributed by atoms with Crippen LogP contribution in [0.1, 0.15) is 303 Å². The number of hydrogen-bond donors (Lipinski definition) is 3. The Labute approximate surface area is 416 Å². The number of hydrogen-bond acceptors (Lipinski definition) is 5. The van der Waals surface area contributed by atoms with Crippen LogP contribution in [0, 0.1) is 0 Å². The van der Waals surface area contributed by atoms with Gasteiger partial charge in [-0.1, -0.05) is 249 Å². The first-order valence-electron chi connectivity index (χ1n) is 29.4. The average Bonchev–Trinajstić information content (AvgIpc) is 3.33. The van der Waals surface area contributed by atoms with Gasteiger partial charge >= 0.3 is 5.97 Å². The van der Waals surface area contributed by atoms with E-state index in [2.05, 4.69) is 67.8 Å². The molecule has 2 unspecified atom stereocenters. The molecular weight excluding hydrogens is 827 g/mol. The molecule has 0 heterocycles. The number of allylic oxidation sites excluding steroid dienone is 8. The van der Waals surface area contributed by atoms with E-state index >= 15 is 0 Å². The smallest absolute Gasteiger partial charge is 0.305 e. The molecule has 67 heavy (non-hydrogen) atoms. The first-order chi connectivity index (χ1) is 33.0. The van der Waals surface area contributed by atoms with Gasteiger partial charge in [0.25, 0.3) is 0 Å². The highest BCUT2D eigenvalue weighted by Crippen LogP contribution is 2.17. The molecule has 6 heteroatoms. The Hall–Kier alpha value is -2.18. The van der Waals surface area contributed by atoms with Crippen molar-refractivity contribution in [2.45, 2.75) is 315 Å². The van der Waals surface area contributed by atoms with E-state index < -0.39 is 12.1 Å². The first kappa shape index (κ1) is 64.8. The number of nitrogens with one attached hydrogen (secondary N) is 1. The fourth-order valence-electron chi connectivity index (χ4n) is 8.84. The number of esters is 1. The zero-order valence-electron chi connectivity index (χ0n) is 44.6. The zero-order valence-corrected chi connectivity index (χ0v) is 44.6. The van der Waals surface area contributed by atoms with Gasteiger partial charge in [-0.25, -0.2) is 0 Å². The van der Waals surface area contributed by atoms with Crippen molar-refractivity contribution < 1.29 is 24.5 Å². The second-order valence-electron chi connectivity index (χ2n) is 20.0. The zero-order chi connectivity index (χ0) is 48.6. The Morgan fingerprint density at radius 3 is 1.24 bits per heavy atom. The van der Waals surface area contributed by atoms with E-state index in [1.807, 2.05) is 0 Å². The number of amides is 1. The number of aliphatic hydroxyl groups is 2. The molecule has 6 nitrogen and oxygen atoms in total. The van der Waals surface area contributed by atoms with E-state index in [1.165, 1.54) is 186 Å². The van der Waals surface area contributed by atoms with Gasteiger partial charge in [-0.3, -0.25) is 9.59 Å². The van der Waals surface area contributed by atoms with Crippen LogP contribution in [0.4, 0.5) is 0 Å². The van der Waals surface area contributed by atoms with Crippen molar-refractivity contribution >= 4 is 11.9 Å². The molecule has 0 spiro atoms. The van der Waals surface area contributed by atoms with Gasteiger partial charge in [-0.05, 0) is 89.9 Å². The molecule has 2 atom stereocenters. The quantitative estimate of drug-likeness (QED) is 0.0244. The molecule has 392 valence electrons. The van der Waals surface area contributed by atoms with Crippen LogP contribution in [0.5, 0.6) is 0 Å². The molecule has 0 aromatic heterocycles. The molecule has 0 bridgehead atoms. The van der Waals surface area contributed by atoms with Gasteiger partial charge in [0.2, 0.25) is 5.91 Å². The largest absolute Gasteiger partial charge is 0.466 e. The second kappa shape index (κ2) is 56.4. The molecule has 0 saturated heterocycles. The maximum atomic E-state index is 12.5. The maximum Gasteiger partial charge on any atom is 0.305 e. The third-order valence-electron chi connectivity index (χ3n) is 13.4. The van der Waals surface area contributed by atoms with Crippen LogP contribution in [0.2, 0.25) is 0 Å². The highest BCUT2D eigenvalue weighted by Gasteiger charge is 2.20. The SMILES string of the molecule is CCCCCC/C=C\C/C=C\CCCCCCCCCC(=O)OCCCCC/C=C\C=C/CCCCCCCCC(=O)NC(CO)C(O)CCCCCCCCCCCCCCCCCCC. The third kappa shape index (κ3) is 53.0. The summed E-state index contributed by atoms with van der Waals surface area (Å²) < 4.78 is 5.45. The molecule has 0 aliphatic heterocycles. The van der Waals surface area contributed by atoms with E-state index in [-0.39, 0.29) is 18.5 Å². The topological polar surface area (TPSA) is 95.9 Å². The molecule has 0 saturated carbocycles. The van der Waals surface area contributed by atoms with Gasteiger partial charge in [0, 0.05) is 12.8 Å². The van der Waals surface area contributed by atoms with Crippen LogP contribution in [-0.2, 0) is 14.3 Å². The number of carbonyl (C=O) groups excluding carboxylic acids is 2. The van der Waals surface area contributed by atoms with Gasteiger partial charge in [0.05, 0.1) is 25.4 Å². The predicted octanol–water partition coefficient (Wildman–Crippen LogP) is 18.2. The minimum atomic E-state index is -0.680. The number of unbranched alkanes of at least 4 members (excludes halogenated alkanes) is 36. The lowest BCUT2D eigenvalue weighted by Crippen LogP contribution is -2.45. The monoisotopic (exact) mass is 940 g/mol. The summed E-state index contributed by atoms with van der Waals surface area (Å²) in [4.78, 5) is 24.5. The number of carbonyl (C=O) groups is 2. The van der Waals surface area contributed by atoms with E-state index in [9.17, 15) is 19.8 Å². The highest BCUT2D eigenvalue weighted by molar-refractivity contribution is 5.76. The molecule has 0 aliphatic rings. The lowest BCUT2D eigenvalue weighted by atomic mass is 10.0. The van der Waals surface area contributed by atoms with Crippen molar-refractivity contribution in [2.75, 3.05) is 13.2 Å². The number of rotatable bonds is 54. The summed E-state index contributed by atoms with van der Waals surface area (Å²) in [5, 5.41) is 23.3. The van der Waals surface area contributed by atoms with Crippen LogP contribution in [-0.4, -0.2) is 47.4 Å². The van der Waals surface area contributed by atoms with Crippen molar-refractivity contribution in [3.05, 3.63) is 48.6 Å². The fourth-order valence-corrected chi connectivity index (χ4v) is 8.84. The molecule has 0 rings (SSSR count). The third-order valence-corrected chi connectivity index (χ3v) is 13.4. The Morgan fingerprint density at radius 1 is 0.433 bits per heavy atom. The van der Waals surface area contributed by atoms with Crippen molar-refractivity contribution in [2.24, 2.45) is 0 Å². The van der Waals surface area contributed by atoms with Crippen molar-refractivity contribution in [1.29, 1.82) is 0 Å². The minimum Gasteiger partial charge on any atom is -0.466 e. The van der Waals surface area contributed by atoms with Gasteiger partial charge in [0.1, 0.15) is 0 Å². The number of aliphatic hydroxyl groups excluding tert-OH is 2. The van der Waals surface area contributed by atoms with Crippen molar-refractivity contribution in [3.8, 4) is 0 Å². The summed E-state index contributed by atoms with van der Waals surface area (Å²) >= 11 is 0. The molecule has 0 aliphatic carbocycles. The Kier molecular flexibility index (Phi) is 54.6. The van der Waals surface area contributed by atoms with Crippen molar-refractivity contribution in [1.82, 2.24) is 5.32 Å². The second-order valence-corrected chi connectivity index (χ2v) is 20.0. The first-order valence-corrected chi connectivity index (χ1v) is 29.4. The Morgan fingerprint density at radius 2 is 0.791 bits per heavy atom. The van der Waals surface area contributed by atoms with Gasteiger partial charge in [-0.15, -0.1) is 0 Å². The normalized spacial score (nSPS) is 13.0. The number of ether oxygens (including phenoxy) is 1. The van der Waals surface area contributed by atoms with Gasteiger partial charge < -0.3 is 20.3 Å². The average molecular weight is 941 g/mol. The van der Waals surface area contributed by atoms with Crippen molar-refractivity contribution in [3.63, 3.8) is 0 Å². The summed E-state index contributed by atoms with van der Waals surface area (Å²) in [6, 6.07) is -0.560. The lowest BCUT2D eigenvalue weighted by molar-refractivity contribution is -0.143. The molecule has 0 aromatic rings. The molecular formula is C61H113NO5. The maximum absolute atomic E-state index is 12.5. The standard InChI is InChI=1S/C61H113NO5/c1-3-5-7-9-11-13-15-17-19-21-23-27-31-35-39-43-47-51-55-61(66)67-56-52-48-44-40-36-32-28-24-26-30-34-38-42-46-50-54-60(65)62-58(57-63)59(64)53-49-45-41-37-33-29-25-22-20-18-16-14-12-10-8-6-4-2/h13,15,19,21,24,28,32,36,58-59,63-64H,3-12,14,16-18,20,22-23,25-27,29-31,33-35,37-57H2,1-2H3,(H,62,65)/b15-13-,21-19-,28-24-,36-32-. The predicted molar refractivity (Wildman–Crippen MR) is 292 cm³/mol. The minimum absolute atomic E-state index is 0.0291. The van der Waals surface area contributed by atoms with Gasteiger partial charge in [0.15, 0.2) is 0 Å². The van der Waals surface area contributed by atoms with Crippen LogP contribution < -0.4 is 5.32 Å². The van der Waals surface area contributed by atoms with Crippen LogP contribution >= 0.6 is 0 Å². The molecule has 1 amide bonds. The highest BCUT2D eigenvalue weighted by atomic mass is 16.5. The summed E-state index contributed by atoms with van der Waals surface area (Å²) in [6.45, 7) is 4.88. The van der Waals surface area contributed by atoms with E-state index in [0.717, 1.165) is 83.5 Å². The van der Waals surface area contributed by atoms with E-state index in [0.29, 0.717) is 25.9 Å². The summed E-state index contributed by atoms with van der Waals surface area (Å²) in [6.07, 6.45) is 71.0. The summed E-state index contributed by atoms with van der Waals surface area (Å²) in [5.41, 5.74) is 0. The molecule has 0 radical (unpaired) electrons. The molecule has 0 fully saturated rings. The van der Waals surface area contributed by atoms with E-state index in [1.54, 1.807) is 0 Å². The lowest BCUT2D eigenvalue weighted by Gasteiger charge is -2.22. The summed E-state index contributed by atoms with van der Waals surface area (Å²) in [5.74, 6) is -0.0862. The summed E-state index contributed by atoms with van der Waals surface area (Å²) in [7, 11) is 0. The Balaban J connectivity index is 3.52. The van der Waals surface area contributed by atoms with Crippen LogP contribution in [0.3, 0.4) is 0 Å². The Bertz CT molecular complexity index is 1130. The van der Waals surface area contributed by atoms with E-state index in [4.69, 9.17) is 4.74 Å². The molecule has 3 N–H and O–H groups in total. The fraction of sp³-hybridized carbons (Fsp3) is 0.836. The molecule has 0 aromatic carbocycles. The van der Waals surface area contributed by atoms with Crippen LogP contribution in [0.15, 0.2) is 48.6 Å².